The molecular formula is C23H26N6O3S. The maximum absolute atomic E-state index is 12.6. The molecule has 0 bridgehead atoms. The van der Waals surface area contributed by atoms with Gasteiger partial charge in [-0.05, 0) is 43.3 Å². The smallest absolute Gasteiger partial charge is 0.242 e. The number of amides is 1. The highest BCUT2D eigenvalue weighted by Crippen LogP contribution is 2.23. The molecule has 2 aromatic carbocycles. The molecule has 0 radical (unpaired) electrons. The number of aromatic nitrogens is 4. The number of hydrogen-bond donors (Lipinski definition) is 2. The topological polar surface area (TPSA) is 113 Å². The van der Waals surface area contributed by atoms with Crippen molar-refractivity contribution in [3.8, 4) is 11.3 Å². The maximum Gasteiger partial charge on any atom is 0.242 e. The minimum Gasteiger partial charge on any atom is -0.328 e. The van der Waals surface area contributed by atoms with Gasteiger partial charge in [-0.2, -0.15) is 5.10 Å². The van der Waals surface area contributed by atoms with Gasteiger partial charge >= 0.3 is 0 Å². The fraction of sp³-hybridized carbons (Fsp3) is 0.261. The van der Waals surface area contributed by atoms with Crippen LogP contribution in [-0.2, 0) is 27.8 Å². The van der Waals surface area contributed by atoms with E-state index in [1.807, 2.05) is 41.8 Å². The van der Waals surface area contributed by atoms with Crippen molar-refractivity contribution in [3.63, 3.8) is 0 Å². The number of carbonyl (C=O) groups is 1. The van der Waals surface area contributed by atoms with Gasteiger partial charge in [-0.3, -0.25) is 9.89 Å². The molecule has 1 amide bonds. The third kappa shape index (κ3) is 4.67. The summed E-state index contributed by atoms with van der Waals surface area (Å²) < 4.78 is 28.1. The molecule has 10 heteroatoms. The molecule has 0 aliphatic heterocycles. The van der Waals surface area contributed by atoms with Gasteiger partial charge in [-0.25, -0.2) is 17.7 Å². The number of fused-ring (bicyclic) bond motifs is 1. The highest BCUT2D eigenvalue weighted by atomic mass is 32.2. The molecule has 0 saturated heterocycles. The van der Waals surface area contributed by atoms with Crippen LogP contribution in [-0.4, -0.2) is 52.5 Å². The average Bonchev–Trinajstić information content (AvgIpc) is 3.45. The molecule has 0 aliphatic carbocycles. The first kappa shape index (κ1) is 22.7. The zero-order valence-electron chi connectivity index (χ0n) is 18.7. The molecule has 4 rings (SSSR count). The summed E-state index contributed by atoms with van der Waals surface area (Å²) in [5, 5.41) is 9.80. The zero-order chi connectivity index (χ0) is 23.6. The van der Waals surface area contributed by atoms with Gasteiger partial charge < -0.3 is 9.88 Å². The van der Waals surface area contributed by atoms with Crippen molar-refractivity contribution in [1.29, 1.82) is 0 Å². The number of nitrogens with one attached hydrogen (secondary N) is 2. The first-order valence-electron chi connectivity index (χ1n) is 10.6. The fourth-order valence-electron chi connectivity index (χ4n) is 3.70. The second-order valence-electron chi connectivity index (χ2n) is 7.81. The van der Waals surface area contributed by atoms with E-state index in [1.54, 1.807) is 24.4 Å². The van der Waals surface area contributed by atoms with Crippen LogP contribution >= 0.6 is 0 Å². The lowest BCUT2D eigenvalue weighted by atomic mass is 10.1. The molecule has 2 heterocycles. The molecule has 0 spiro atoms. The number of anilines is 1. The first-order valence-corrected chi connectivity index (χ1v) is 12.0. The summed E-state index contributed by atoms with van der Waals surface area (Å²) in [6, 6.07) is 14.4. The molecule has 0 aliphatic rings. The quantitative estimate of drug-likeness (QED) is 0.414. The molecule has 9 nitrogen and oxygen atoms in total. The lowest BCUT2D eigenvalue weighted by molar-refractivity contribution is -0.116. The largest absolute Gasteiger partial charge is 0.328 e. The molecule has 0 saturated carbocycles. The monoisotopic (exact) mass is 466 g/mol. The number of benzene rings is 2. The lowest BCUT2D eigenvalue weighted by Gasteiger charge is -2.11. The third-order valence-electron chi connectivity index (χ3n) is 5.43. The Morgan fingerprint density at radius 2 is 1.97 bits per heavy atom. The van der Waals surface area contributed by atoms with Crippen LogP contribution in [0.5, 0.6) is 0 Å². The number of H-pyrrole nitrogens is 1. The average molecular weight is 467 g/mol. The van der Waals surface area contributed by atoms with Crippen molar-refractivity contribution in [3.05, 3.63) is 60.6 Å². The van der Waals surface area contributed by atoms with Gasteiger partial charge in [0.2, 0.25) is 15.9 Å². The number of carbonyl (C=O) groups excluding carboxylic acids is 1. The van der Waals surface area contributed by atoms with E-state index in [0.29, 0.717) is 24.2 Å². The van der Waals surface area contributed by atoms with Crippen LogP contribution < -0.4 is 5.32 Å². The van der Waals surface area contributed by atoms with Crippen molar-refractivity contribution >= 4 is 32.7 Å². The Bertz CT molecular complexity index is 1390. The highest BCUT2D eigenvalue weighted by molar-refractivity contribution is 7.89. The summed E-state index contributed by atoms with van der Waals surface area (Å²) in [5.74, 6) is 0.621. The maximum atomic E-state index is 12.6. The molecule has 2 N–H and O–H groups in total. The molecule has 0 unspecified atom stereocenters. The summed E-state index contributed by atoms with van der Waals surface area (Å²) in [6.07, 6.45) is 2.37. The Morgan fingerprint density at radius 1 is 1.15 bits per heavy atom. The van der Waals surface area contributed by atoms with Gasteiger partial charge in [0.15, 0.2) is 0 Å². The van der Waals surface area contributed by atoms with Crippen LogP contribution in [0.3, 0.4) is 0 Å². The summed E-state index contributed by atoms with van der Waals surface area (Å²) in [4.78, 5) is 17.4. The molecule has 33 heavy (non-hydrogen) atoms. The van der Waals surface area contributed by atoms with Gasteiger partial charge in [-0.1, -0.05) is 12.1 Å². The summed E-state index contributed by atoms with van der Waals surface area (Å²) >= 11 is 0. The van der Waals surface area contributed by atoms with E-state index < -0.39 is 10.0 Å². The van der Waals surface area contributed by atoms with Crippen molar-refractivity contribution in [2.75, 3.05) is 19.4 Å². The van der Waals surface area contributed by atoms with E-state index in [-0.39, 0.29) is 17.2 Å². The fourth-order valence-corrected chi connectivity index (χ4v) is 4.63. The predicted octanol–water partition coefficient (Wildman–Crippen LogP) is 3.27. The highest BCUT2D eigenvalue weighted by Gasteiger charge is 2.19. The molecule has 0 atom stereocenters. The third-order valence-corrected chi connectivity index (χ3v) is 7.24. The van der Waals surface area contributed by atoms with E-state index in [0.717, 1.165) is 22.6 Å². The standard InChI is InChI=1S/C23H26N6O3S/c1-4-29-21-9-8-18(33(31,32)28(2)3)15-20(21)26-22(29)10-11-23(30)25-17-7-5-6-16(14-17)19-12-13-24-27-19/h5-9,12-15H,4,10-11H2,1-3H3,(H,24,27)(H,25,30). The number of sulfonamides is 1. The van der Waals surface area contributed by atoms with Crippen molar-refractivity contribution < 1.29 is 13.2 Å². The van der Waals surface area contributed by atoms with Gasteiger partial charge in [-0.15, -0.1) is 0 Å². The van der Waals surface area contributed by atoms with Crippen LogP contribution in [0.1, 0.15) is 19.2 Å². The molecule has 4 aromatic rings. The van der Waals surface area contributed by atoms with Crippen LogP contribution in [0.25, 0.3) is 22.3 Å². The van der Waals surface area contributed by atoms with Gasteiger partial charge in [0.1, 0.15) is 5.82 Å². The number of imidazole rings is 1. The first-order chi connectivity index (χ1) is 15.8. The Balaban J connectivity index is 1.50. The van der Waals surface area contributed by atoms with Crippen LogP contribution in [0, 0.1) is 0 Å². The van der Waals surface area contributed by atoms with Gasteiger partial charge in [0.25, 0.3) is 0 Å². The zero-order valence-corrected chi connectivity index (χ0v) is 19.6. The second kappa shape index (κ2) is 9.16. The van der Waals surface area contributed by atoms with E-state index in [4.69, 9.17) is 0 Å². The minimum absolute atomic E-state index is 0.123. The number of rotatable bonds is 8. The Hall–Kier alpha value is -3.50. The van der Waals surface area contributed by atoms with E-state index in [1.165, 1.54) is 18.4 Å². The summed E-state index contributed by atoms with van der Waals surface area (Å²) in [5.41, 5.74) is 3.95. The lowest BCUT2D eigenvalue weighted by Crippen LogP contribution is -2.22. The SMILES string of the molecule is CCn1c(CCC(=O)Nc2cccc(-c3ccn[nH]3)c2)nc2cc(S(=O)(=O)N(C)C)ccc21. The predicted molar refractivity (Wildman–Crippen MR) is 127 cm³/mol. The van der Waals surface area contributed by atoms with Gasteiger partial charge in [0.05, 0.1) is 21.6 Å². The second-order valence-corrected chi connectivity index (χ2v) is 9.96. The minimum atomic E-state index is -3.55. The van der Waals surface area contributed by atoms with Gasteiger partial charge in [0, 0.05) is 50.9 Å². The molecule has 172 valence electrons. The number of aryl methyl sites for hydroxylation is 2. The van der Waals surface area contributed by atoms with Crippen LogP contribution in [0.2, 0.25) is 0 Å². The van der Waals surface area contributed by atoms with E-state index in [9.17, 15) is 13.2 Å². The van der Waals surface area contributed by atoms with Crippen LogP contribution in [0.4, 0.5) is 5.69 Å². The van der Waals surface area contributed by atoms with Crippen LogP contribution in [0.15, 0.2) is 59.6 Å². The Labute approximate surface area is 192 Å². The normalized spacial score (nSPS) is 11.9. The van der Waals surface area contributed by atoms with E-state index >= 15 is 0 Å². The molecule has 2 aromatic heterocycles. The van der Waals surface area contributed by atoms with E-state index in [2.05, 4.69) is 20.5 Å². The van der Waals surface area contributed by atoms with Crippen molar-refractivity contribution in [1.82, 2.24) is 24.1 Å². The molecular weight excluding hydrogens is 440 g/mol. The summed E-state index contributed by atoms with van der Waals surface area (Å²) in [7, 11) is -0.547. The van der Waals surface area contributed by atoms with Crippen molar-refractivity contribution in [2.45, 2.75) is 31.2 Å². The number of hydrogen-bond acceptors (Lipinski definition) is 5. The summed E-state index contributed by atoms with van der Waals surface area (Å²) in [6.45, 7) is 2.66. The number of aromatic amines is 1. The number of nitrogens with zero attached hydrogens (tertiary/aromatic N) is 4. The Kier molecular flexibility index (Phi) is 6.30. The Morgan fingerprint density at radius 3 is 2.67 bits per heavy atom. The van der Waals surface area contributed by atoms with Crippen molar-refractivity contribution in [2.24, 2.45) is 0 Å². The molecule has 0 fully saturated rings.